The van der Waals surface area contributed by atoms with Crippen molar-refractivity contribution in [1.82, 2.24) is 25.2 Å². The van der Waals surface area contributed by atoms with E-state index >= 15 is 0 Å². The fourth-order valence-corrected chi connectivity index (χ4v) is 4.35. The maximum Gasteiger partial charge on any atom is 0.322 e. The fourth-order valence-electron chi connectivity index (χ4n) is 4.35. The van der Waals surface area contributed by atoms with Gasteiger partial charge in [0, 0.05) is 28.7 Å². The van der Waals surface area contributed by atoms with Gasteiger partial charge in [-0.2, -0.15) is 0 Å². The lowest BCUT2D eigenvalue weighted by Crippen LogP contribution is -2.47. The molecule has 34 heavy (non-hydrogen) atoms. The second-order valence-electron chi connectivity index (χ2n) is 8.37. The molecule has 5 rings (SSSR count). The molecule has 9 nitrogen and oxygen atoms in total. The van der Waals surface area contributed by atoms with Gasteiger partial charge in [0.1, 0.15) is 5.75 Å². The standard InChI is InChI=1S/C25H23N5O4/c1-14-11-26-15(2)21(27-14)16-4-7-18(8-5-16)25(23(32)28-24(33)29-25)13-30-12-17-6-9-19(34-3)10-20(17)22(30)31/h4-12,31H,13H2,1-3H3,(H2,28,29,32,33)/t25-/m0/s1. The van der Waals surface area contributed by atoms with Crippen LogP contribution in [0, 0.1) is 13.8 Å². The van der Waals surface area contributed by atoms with E-state index in [2.05, 4.69) is 20.6 Å². The molecular formula is C25H23N5O4. The van der Waals surface area contributed by atoms with Crippen molar-refractivity contribution in [2.24, 2.45) is 0 Å². The van der Waals surface area contributed by atoms with Gasteiger partial charge in [0.15, 0.2) is 11.4 Å². The Hall–Kier alpha value is -4.40. The zero-order valence-electron chi connectivity index (χ0n) is 18.9. The third-order valence-electron chi connectivity index (χ3n) is 6.14. The number of carbonyl (C=O) groups excluding carboxylic acids is 2. The molecule has 3 heterocycles. The molecule has 1 aliphatic rings. The van der Waals surface area contributed by atoms with E-state index in [0.29, 0.717) is 16.7 Å². The summed E-state index contributed by atoms with van der Waals surface area (Å²) in [6.07, 6.45) is 3.45. The Morgan fingerprint density at radius 1 is 1.12 bits per heavy atom. The van der Waals surface area contributed by atoms with E-state index < -0.39 is 17.5 Å². The number of imide groups is 1. The van der Waals surface area contributed by atoms with Crippen LogP contribution in [-0.2, 0) is 16.9 Å². The highest BCUT2D eigenvalue weighted by Crippen LogP contribution is 2.35. The van der Waals surface area contributed by atoms with Crippen molar-refractivity contribution in [1.29, 1.82) is 0 Å². The van der Waals surface area contributed by atoms with Crippen LogP contribution in [0.15, 0.2) is 54.9 Å². The highest BCUT2D eigenvalue weighted by atomic mass is 16.5. The largest absolute Gasteiger partial charge is 0.497 e. The van der Waals surface area contributed by atoms with E-state index in [1.165, 1.54) is 0 Å². The number of methoxy groups -OCH3 is 1. The monoisotopic (exact) mass is 457 g/mol. The number of aromatic nitrogens is 3. The van der Waals surface area contributed by atoms with Crippen molar-refractivity contribution in [3.63, 3.8) is 0 Å². The molecule has 1 atom stereocenters. The van der Waals surface area contributed by atoms with Crippen molar-refractivity contribution in [3.05, 3.63) is 71.8 Å². The molecule has 9 heteroatoms. The van der Waals surface area contributed by atoms with Crippen molar-refractivity contribution < 1.29 is 19.4 Å². The molecule has 0 aliphatic carbocycles. The first-order valence-corrected chi connectivity index (χ1v) is 10.7. The zero-order valence-corrected chi connectivity index (χ0v) is 18.9. The number of hydrogen-bond acceptors (Lipinski definition) is 6. The van der Waals surface area contributed by atoms with Crippen molar-refractivity contribution in [2.45, 2.75) is 25.9 Å². The van der Waals surface area contributed by atoms with Crippen LogP contribution in [0.5, 0.6) is 11.6 Å². The van der Waals surface area contributed by atoms with Gasteiger partial charge in [-0.1, -0.05) is 24.3 Å². The number of rotatable bonds is 5. The number of urea groups is 1. The molecule has 0 saturated carbocycles. The molecule has 0 spiro atoms. The van der Waals surface area contributed by atoms with E-state index in [4.69, 9.17) is 4.74 Å². The van der Waals surface area contributed by atoms with Crippen molar-refractivity contribution in [2.75, 3.05) is 7.11 Å². The molecule has 2 aromatic heterocycles. The van der Waals surface area contributed by atoms with Crippen molar-refractivity contribution >= 4 is 22.7 Å². The summed E-state index contributed by atoms with van der Waals surface area (Å²) in [5.41, 5.74) is 2.37. The number of hydrogen-bond donors (Lipinski definition) is 3. The summed E-state index contributed by atoms with van der Waals surface area (Å²) in [7, 11) is 1.55. The van der Waals surface area contributed by atoms with E-state index in [0.717, 1.165) is 28.0 Å². The summed E-state index contributed by atoms with van der Waals surface area (Å²) in [5.74, 6) is 0.0864. The molecule has 1 saturated heterocycles. The first-order valence-electron chi connectivity index (χ1n) is 10.7. The number of aryl methyl sites for hydroxylation is 2. The van der Waals surface area contributed by atoms with E-state index in [1.807, 2.05) is 32.0 Å². The van der Waals surface area contributed by atoms with Gasteiger partial charge in [-0.15, -0.1) is 0 Å². The first-order chi connectivity index (χ1) is 16.3. The van der Waals surface area contributed by atoms with Gasteiger partial charge in [0.25, 0.3) is 5.91 Å². The molecule has 2 aromatic carbocycles. The van der Waals surface area contributed by atoms with Crippen LogP contribution in [0.1, 0.15) is 17.0 Å². The molecule has 0 radical (unpaired) electrons. The normalized spacial score (nSPS) is 17.6. The lowest BCUT2D eigenvalue weighted by atomic mass is 9.88. The van der Waals surface area contributed by atoms with Crippen LogP contribution in [0.4, 0.5) is 4.79 Å². The summed E-state index contributed by atoms with van der Waals surface area (Å²) >= 11 is 0. The van der Waals surface area contributed by atoms with Crippen LogP contribution >= 0.6 is 0 Å². The zero-order chi connectivity index (χ0) is 24.0. The Balaban J connectivity index is 1.57. The van der Waals surface area contributed by atoms with Crippen LogP contribution in [-0.4, -0.2) is 38.7 Å². The predicted molar refractivity (Wildman–Crippen MR) is 125 cm³/mol. The van der Waals surface area contributed by atoms with Crippen LogP contribution in [0.3, 0.4) is 0 Å². The number of nitrogens with one attached hydrogen (secondary N) is 2. The highest BCUT2D eigenvalue weighted by Gasteiger charge is 2.48. The maximum atomic E-state index is 13.1. The van der Waals surface area contributed by atoms with Gasteiger partial charge in [-0.05, 0) is 37.6 Å². The second-order valence-corrected chi connectivity index (χ2v) is 8.37. The first kappa shape index (κ1) is 21.4. The topological polar surface area (TPSA) is 118 Å². The van der Waals surface area contributed by atoms with Gasteiger partial charge < -0.3 is 19.7 Å². The Bertz CT molecular complexity index is 1440. The van der Waals surface area contributed by atoms with Crippen LogP contribution in [0.25, 0.3) is 22.0 Å². The van der Waals surface area contributed by atoms with Gasteiger partial charge in [0.2, 0.25) is 0 Å². The van der Waals surface area contributed by atoms with Gasteiger partial charge in [0.05, 0.1) is 30.7 Å². The SMILES string of the molecule is COc1ccc2cn(C[C@@]3(c4ccc(-c5nc(C)cnc5C)cc4)NC(=O)NC3=O)c(O)c2c1. The van der Waals surface area contributed by atoms with Crippen LogP contribution in [0.2, 0.25) is 0 Å². The third kappa shape index (κ3) is 3.42. The summed E-state index contributed by atoms with van der Waals surface area (Å²) in [6, 6.07) is 12.0. The third-order valence-corrected chi connectivity index (χ3v) is 6.14. The van der Waals surface area contributed by atoms with E-state index in [9.17, 15) is 14.7 Å². The summed E-state index contributed by atoms with van der Waals surface area (Å²) in [6.45, 7) is 3.76. The minimum atomic E-state index is -1.40. The minimum absolute atomic E-state index is 0.00394. The average Bonchev–Trinajstić information content (AvgIpc) is 3.30. The average molecular weight is 457 g/mol. The van der Waals surface area contributed by atoms with Crippen LogP contribution < -0.4 is 15.4 Å². The lowest BCUT2D eigenvalue weighted by Gasteiger charge is -2.27. The summed E-state index contributed by atoms with van der Waals surface area (Å²) in [5, 5.41) is 17.4. The Morgan fingerprint density at radius 3 is 2.56 bits per heavy atom. The number of carbonyl (C=O) groups is 2. The molecule has 1 aliphatic heterocycles. The minimum Gasteiger partial charge on any atom is -0.497 e. The number of nitrogens with zero attached hydrogens (tertiary/aromatic N) is 3. The number of fused-ring (bicyclic) bond motifs is 1. The van der Waals surface area contributed by atoms with E-state index in [1.54, 1.807) is 48.3 Å². The molecule has 4 aromatic rings. The Labute approximate surface area is 195 Å². The maximum absolute atomic E-state index is 13.1. The predicted octanol–water partition coefficient (Wildman–Crippen LogP) is 3.16. The van der Waals surface area contributed by atoms with Gasteiger partial charge in [-0.25, -0.2) is 9.78 Å². The van der Waals surface area contributed by atoms with Gasteiger partial charge in [-0.3, -0.25) is 15.1 Å². The highest BCUT2D eigenvalue weighted by molar-refractivity contribution is 6.07. The summed E-state index contributed by atoms with van der Waals surface area (Å²) < 4.78 is 6.81. The Morgan fingerprint density at radius 2 is 1.88 bits per heavy atom. The fraction of sp³-hybridized carbons (Fsp3) is 0.200. The number of ether oxygens (including phenoxy) is 1. The molecule has 172 valence electrons. The molecule has 0 unspecified atom stereocenters. The molecule has 1 fully saturated rings. The molecule has 0 bridgehead atoms. The van der Waals surface area contributed by atoms with Crippen molar-refractivity contribution in [3.8, 4) is 22.9 Å². The van der Waals surface area contributed by atoms with E-state index in [-0.39, 0.29) is 12.4 Å². The number of aromatic hydroxyl groups is 1. The molecular weight excluding hydrogens is 434 g/mol. The lowest BCUT2D eigenvalue weighted by molar-refractivity contribution is -0.124. The Kier molecular flexibility index (Phi) is 4.97. The summed E-state index contributed by atoms with van der Waals surface area (Å²) in [4.78, 5) is 34.2. The molecule has 3 amide bonds. The van der Waals surface area contributed by atoms with Gasteiger partial charge >= 0.3 is 6.03 Å². The quantitative estimate of drug-likeness (QED) is 0.396. The number of amides is 3. The second kappa shape index (κ2) is 7.87. The smallest absolute Gasteiger partial charge is 0.322 e. The number of benzene rings is 2. The molecule has 3 N–H and O–H groups in total.